The Morgan fingerprint density at radius 2 is 1.87 bits per heavy atom. The molecule has 1 saturated heterocycles. The SMILES string of the molecule is CC1C[C@H]2N(C)C(=O)CC[C@]2(C)[C@H]2CC[C@]3(C)C[C@@H](OCc4ccccc4)C[C@H]3C12. The zero-order chi connectivity index (χ0) is 21.1. The highest BCUT2D eigenvalue weighted by molar-refractivity contribution is 5.77. The van der Waals surface area contributed by atoms with Gasteiger partial charge in [-0.1, -0.05) is 51.1 Å². The van der Waals surface area contributed by atoms with Gasteiger partial charge in [0.2, 0.25) is 5.91 Å². The van der Waals surface area contributed by atoms with Crippen molar-refractivity contribution in [1.82, 2.24) is 4.90 Å². The maximum absolute atomic E-state index is 12.4. The number of ether oxygens (including phenoxy) is 1. The van der Waals surface area contributed by atoms with Gasteiger partial charge in [-0.15, -0.1) is 0 Å². The van der Waals surface area contributed by atoms with E-state index in [0.717, 1.165) is 37.2 Å². The molecule has 0 spiro atoms. The Labute approximate surface area is 182 Å². The molecule has 2 unspecified atom stereocenters. The van der Waals surface area contributed by atoms with Crippen molar-refractivity contribution in [2.75, 3.05) is 7.05 Å². The standard InChI is InChI=1S/C27H39NO2/c1-18-14-23-27(3,13-11-24(29)28(23)4)21-10-12-26(2)16-20(15-22(26)25(18)21)30-17-19-8-6-5-7-9-19/h5-9,18,20-23,25H,10-17H2,1-4H3/t18?,20-,21-,22-,23+,25?,26+,27+/m0/s1. The van der Waals surface area contributed by atoms with Crippen molar-refractivity contribution in [3.8, 4) is 0 Å². The number of hydrogen-bond donors (Lipinski definition) is 0. The van der Waals surface area contributed by atoms with E-state index >= 15 is 0 Å². The first-order valence-corrected chi connectivity index (χ1v) is 12.2. The topological polar surface area (TPSA) is 29.5 Å². The number of rotatable bonds is 3. The molecule has 3 aliphatic carbocycles. The Bertz CT molecular complexity index is 793. The predicted octanol–water partition coefficient (Wildman–Crippen LogP) is 5.68. The third kappa shape index (κ3) is 3.15. The molecule has 0 radical (unpaired) electrons. The maximum atomic E-state index is 12.4. The van der Waals surface area contributed by atoms with Crippen LogP contribution in [0.2, 0.25) is 0 Å². The number of benzene rings is 1. The molecule has 1 aromatic carbocycles. The first kappa shape index (κ1) is 20.5. The Morgan fingerprint density at radius 3 is 2.63 bits per heavy atom. The number of likely N-dealkylation sites (tertiary alicyclic amines) is 1. The van der Waals surface area contributed by atoms with Crippen LogP contribution in [0.5, 0.6) is 0 Å². The second-order valence-electron chi connectivity index (χ2n) is 11.6. The van der Waals surface area contributed by atoms with E-state index in [1.54, 1.807) is 0 Å². The number of nitrogens with zero attached hydrogens (tertiary/aromatic N) is 1. The van der Waals surface area contributed by atoms with Crippen molar-refractivity contribution in [3.05, 3.63) is 35.9 Å². The second-order valence-corrected chi connectivity index (χ2v) is 11.6. The fourth-order valence-electron chi connectivity index (χ4n) is 8.37. The first-order chi connectivity index (χ1) is 14.3. The predicted molar refractivity (Wildman–Crippen MR) is 120 cm³/mol. The molecule has 4 aliphatic rings. The summed E-state index contributed by atoms with van der Waals surface area (Å²) >= 11 is 0. The smallest absolute Gasteiger partial charge is 0.222 e. The molecule has 8 atom stereocenters. The van der Waals surface area contributed by atoms with Crippen LogP contribution in [0.25, 0.3) is 0 Å². The molecule has 3 saturated carbocycles. The van der Waals surface area contributed by atoms with E-state index in [1.807, 2.05) is 0 Å². The molecule has 5 rings (SSSR count). The summed E-state index contributed by atoms with van der Waals surface area (Å²) in [6.07, 6.45) is 8.52. The molecule has 1 heterocycles. The maximum Gasteiger partial charge on any atom is 0.222 e. The van der Waals surface area contributed by atoms with Crippen LogP contribution >= 0.6 is 0 Å². The minimum atomic E-state index is 0.296. The highest BCUT2D eigenvalue weighted by Gasteiger charge is 2.62. The van der Waals surface area contributed by atoms with Crippen LogP contribution < -0.4 is 0 Å². The van der Waals surface area contributed by atoms with Crippen LogP contribution in [0.3, 0.4) is 0 Å². The summed E-state index contributed by atoms with van der Waals surface area (Å²) in [5.74, 6) is 3.37. The van der Waals surface area contributed by atoms with Gasteiger partial charge in [0.1, 0.15) is 0 Å². The highest BCUT2D eigenvalue weighted by Crippen LogP contribution is 2.66. The van der Waals surface area contributed by atoms with Gasteiger partial charge in [0.25, 0.3) is 0 Å². The number of amides is 1. The summed E-state index contributed by atoms with van der Waals surface area (Å²) in [5.41, 5.74) is 2.01. The van der Waals surface area contributed by atoms with E-state index in [-0.39, 0.29) is 0 Å². The van der Waals surface area contributed by atoms with E-state index in [0.29, 0.717) is 34.8 Å². The molecule has 3 nitrogen and oxygen atoms in total. The molecule has 0 aromatic heterocycles. The number of hydrogen-bond acceptors (Lipinski definition) is 2. The Hall–Kier alpha value is -1.35. The van der Waals surface area contributed by atoms with Gasteiger partial charge < -0.3 is 9.64 Å². The second kappa shape index (κ2) is 7.36. The first-order valence-electron chi connectivity index (χ1n) is 12.2. The van der Waals surface area contributed by atoms with Gasteiger partial charge in [0, 0.05) is 19.5 Å². The van der Waals surface area contributed by atoms with Crippen LogP contribution in [-0.4, -0.2) is 30.0 Å². The molecule has 164 valence electrons. The van der Waals surface area contributed by atoms with Crippen molar-refractivity contribution < 1.29 is 9.53 Å². The zero-order valence-electron chi connectivity index (χ0n) is 19.3. The Balaban J connectivity index is 1.35. The lowest BCUT2D eigenvalue weighted by atomic mass is 9.45. The van der Waals surface area contributed by atoms with Gasteiger partial charge in [0.05, 0.1) is 12.7 Å². The van der Waals surface area contributed by atoms with Crippen LogP contribution in [0.4, 0.5) is 0 Å². The van der Waals surface area contributed by atoms with E-state index in [9.17, 15) is 4.79 Å². The van der Waals surface area contributed by atoms with Crippen LogP contribution in [0.15, 0.2) is 30.3 Å². The molecule has 30 heavy (non-hydrogen) atoms. The number of piperidine rings is 1. The quantitative estimate of drug-likeness (QED) is 0.643. The summed E-state index contributed by atoms with van der Waals surface area (Å²) in [4.78, 5) is 14.5. The highest BCUT2D eigenvalue weighted by atomic mass is 16.5. The number of fused-ring (bicyclic) bond motifs is 5. The summed E-state index contributed by atoms with van der Waals surface area (Å²) in [6.45, 7) is 8.29. The molecule has 1 amide bonds. The molecule has 1 aromatic rings. The van der Waals surface area contributed by atoms with Crippen LogP contribution in [-0.2, 0) is 16.1 Å². The Kier molecular flexibility index (Phi) is 5.04. The zero-order valence-corrected chi connectivity index (χ0v) is 19.3. The van der Waals surface area contributed by atoms with Crippen molar-refractivity contribution in [2.45, 2.75) is 84.5 Å². The molecular weight excluding hydrogens is 370 g/mol. The van der Waals surface area contributed by atoms with Crippen molar-refractivity contribution >= 4 is 5.91 Å². The monoisotopic (exact) mass is 409 g/mol. The summed E-state index contributed by atoms with van der Waals surface area (Å²) in [6, 6.07) is 11.1. The van der Waals surface area contributed by atoms with Gasteiger partial charge in [-0.3, -0.25) is 4.79 Å². The fraction of sp³-hybridized carbons (Fsp3) is 0.741. The lowest BCUT2D eigenvalue weighted by Gasteiger charge is -2.63. The summed E-state index contributed by atoms with van der Waals surface area (Å²) in [7, 11) is 2.06. The van der Waals surface area contributed by atoms with E-state index in [4.69, 9.17) is 4.74 Å². The largest absolute Gasteiger partial charge is 0.374 e. The molecule has 0 bridgehead atoms. The molecule has 1 aliphatic heterocycles. The molecule has 4 fully saturated rings. The van der Waals surface area contributed by atoms with Crippen molar-refractivity contribution in [2.24, 2.45) is 34.5 Å². The minimum Gasteiger partial charge on any atom is -0.374 e. The summed E-state index contributed by atoms with van der Waals surface area (Å²) in [5, 5.41) is 0. The average molecular weight is 410 g/mol. The Morgan fingerprint density at radius 1 is 1.10 bits per heavy atom. The van der Waals surface area contributed by atoms with Crippen LogP contribution in [0.1, 0.15) is 71.3 Å². The lowest BCUT2D eigenvalue weighted by molar-refractivity contribution is -0.164. The van der Waals surface area contributed by atoms with Crippen LogP contribution in [0, 0.1) is 34.5 Å². The summed E-state index contributed by atoms with van der Waals surface area (Å²) < 4.78 is 6.47. The lowest BCUT2D eigenvalue weighted by Crippen LogP contribution is -2.62. The molecule has 3 heteroatoms. The van der Waals surface area contributed by atoms with Crippen molar-refractivity contribution in [3.63, 3.8) is 0 Å². The molecule has 0 N–H and O–H groups in total. The third-order valence-corrected chi connectivity index (χ3v) is 9.99. The number of carbonyl (C=O) groups is 1. The van der Waals surface area contributed by atoms with Gasteiger partial charge in [-0.05, 0) is 78.6 Å². The van der Waals surface area contributed by atoms with E-state index < -0.39 is 0 Å². The van der Waals surface area contributed by atoms with Gasteiger partial charge in [0.15, 0.2) is 0 Å². The molecular formula is C27H39NO2. The van der Waals surface area contributed by atoms with Crippen molar-refractivity contribution in [1.29, 1.82) is 0 Å². The fourth-order valence-corrected chi connectivity index (χ4v) is 8.37. The van der Waals surface area contributed by atoms with Gasteiger partial charge >= 0.3 is 0 Å². The third-order valence-electron chi connectivity index (χ3n) is 9.99. The normalized spacial score (nSPS) is 45.6. The number of carbonyl (C=O) groups excluding carboxylic acids is 1. The average Bonchev–Trinajstić information content (AvgIpc) is 3.08. The van der Waals surface area contributed by atoms with E-state index in [1.165, 1.54) is 37.7 Å². The van der Waals surface area contributed by atoms with Gasteiger partial charge in [-0.25, -0.2) is 0 Å². The minimum absolute atomic E-state index is 0.296. The van der Waals surface area contributed by atoms with Gasteiger partial charge in [-0.2, -0.15) is 0 Å². The van der Waals surface area contributed by atoms with E-state index in [2.05, 4.69) is 63.1 Å².